The van der Waals surface area contributed by atoms with Gasteiger partial charge in [-0.2, -0.15) is 0 Å². The van der Waals surface area contributed by atoms with Gasteiger partial charge in [0.25, 0.3) is 0 Å². The van der Waals surface area contributed by atoms with Crippen LogP contribution in [-0.4, -0.2) is 22.1 Å². The Bertz CT molecular complexity index is 509. The van der Waals surface area contributed by atoms with Crippen LogP contribution in [0.25, 0.3) is 0 Å². The predicted molar refractivity (Wildman–Crippen MR) is 79.9 cm³/mol. The van der Waals surface area contributed by atoms with Gasteiger partial charge in [0, 0.05) is 6.42 Å². The van der Waals surface area contributed by atoms with E-state index in [1.165, 1.54) is 0 Å². The maximum absolute atomic E-state index is 12.1. The van der Waals surface area contributed by atoms with Crippen LogP contribution < -0.4 is 5.32 Å². The van der Waals surface area contributed by atoms with Crippen molar-refractivity contribution in [1.82, 2.24) is 5.32 Å². The van der Waals surface area contributed by atoms with Crippen LogP contribution >= 0.6 is 0 Å². The number of aromatic hydroxyl groups is 1. The molecule has 0 saturated heterocycles. The van der Waals surface area contributed by atoms with Crippen molar-refractivity contribution in [2.75, 3.05) is 0 Å². The van der Waals surface area contributed by atoms with E-state index in [-0.39, 0.29) is 24.1 Å². The molecule has 0 fully saturated rings. The third kappa shape index (κ3) is 4.21. The van der Waals surface area contributed by atoms with E-state index in [1.54, 1.807) is 45.0 Å². The third-order valence-corrected chi connectivity index (χ3v) is 4.05. The summed E-state index contributed by atoms with van der Waals surface area (Å²) in [5.74, 6) is -1.10. The summed E-state index contributed by atoms with van der Waals surface area (Å²) in [4.78, 5) is 23.5. The number of nitrogens with one attached hydrogen (secondary N) is 1. The van der Waals surface area contributed by atoms with Crippen LogP contribution in [0.5, 0.6) is 5.75 Å². The van der Waals surface area contributed by atoms with Gasteiger partial charge in [-0.1, -0.05) is 26.0 Å². The summed E-state index contributed by atoms with van der Waals surface area (Å²) >= 11 is 0. The fourth-order valence-electron chi connectivity index (χ4n) is 2.36. The summed E-state index contributed by atoms with van der Waals surface area (Å²) in [7, 11) is 0. The average Bonchev–Trinajstić information content (AvgIpc) is 2.44. The quantitative estimate of drug-likeness (QED) is 0.721. The molecule has 3 N–H and O–H groups in total. The van der Waals surface area contributed by atoms with Crippen molar-refractivity contribution in [2.24, 2.45) is 5.41 Å². The van der Waals surface area contributed by atoms with Crippen molar-refractivity contribution in [2.45, 2.75) is 46.1 Å². The topological polar surface area (TPSA) is 86.6 Å². The van der Waals surface area contributed by atoms with E-state index in [4.69, 9.17) is 0 Å². The van der Waals surface area contributed by atoms with Crippen LogP contribution in [-0.2, 0) is 9.59 Å². The molecular weight excluding hydrogens is 270 g/mol. The molecule has 0 spiro atoms. The number of phenolic OH excluding ortho intramolecular Hbond substituents is 1. The first-order valence-electron chi connectivity index (χ1n) is 7.16. The molecule has 0 saturated carbocycles. The lowest BCUT2D eigenvalue weighted by atomic mass is 9.79. The number of benzene rings is 1. The molecular formula is C16H23NO4. The van der Waals surface area contributed by atoms with E-state index in [1.807, 2.05) is 0 Å². The number of hydrogen-bond acceptors (Lipinski definition) is 3. The van der Waals surface area contributed by atoms with E-state index in [0.29, 0.717) is 12.8 Å². The van der Waals surface area contributed by atoms with Crippen LogP contribution in [0.3, 0.4) is 0 Å². The van der Waals surface area contributed by atoms with Crippen LogP contribution in [0.2, 0.25) is 0 Å². The second kappa shape index (κ2) is 7.11. The summed E-state index contributed by atoms with van der Waals surface area (Å²) in [6.07, 6.45) is 0.776. The summed E-state index contributed by atoms with van der Waals surface area (Å²) in [5, 5.41) is 21.6. The zero-order chi connectivity index (χ0) is 16.0. The summed E-state index contributed by atoms with van der Waals surface area (Å²) < 4.78 is 0. The van der Waals surface area contributed by atoms with E-state index in [2.05, 4.69) is 5.32 Å². The van der Waals surface area contributed by atoms with Gasteiger partial charge in [-0.25, -0.2) is 0 Å². The van der Waals surface area contributed by atoms with Gasteiger partial charge in [-0.3, -0.25) is 9.59 Å². The first-order valence-corrected chi connectivity index (χ1v) is 7.16. The normalized spacial score (nSPS) is 12.7. The Balaban J connectivity index is 2.75. The van der Waals surface area contributed by atoms with Gasteiger partial charge in [0.15, 0.2) is 0 Å². The highest BCUT2D eigenvalue weighted by atomic mass is 16.4. The zero-order valence-electron chi connectivity index (χ0n) is 12.7. The van der Waals surface area contributed by atoms with E-state index < -0.39 is 11.4 Å². The van der Waals surface area contributed by atoms with Gasteiger partial charge in [0.2, 0.25) is 5.91 Å². The van der Waals surface area contributed by atoms with Crippen LogP contribution in [0.15, 0.2) is 24.3 Å². The van der Waals surface area contributed by atoms with Crippen molar-refractivity contribution in [3.8, 4) is 5.75 Å². The minimum absolute atomic E-state index is 0.0432. The Kier molecular flexibility index (Phi) is 5.76. The molecule has 0 heterocycles. The highest BCUT2D eigenvalue weighted by Gasteiger charge is 2.37. The van der Waals surface area contributed by atoms with E-state index in [9.17, 15) is 19.8 Å². The second-order valence-corrected chi connectivity index (χ2v) is 5.35. The lowest BCUT2D eigenvalue weighted by Crippen LogP contribution is -2.37. The van der Waals surface area contributed by atoms with Gasteiger partial charge in [0.05, 0.1) is 11.5 Å². The van der Waals surface area contributed by atoms with Crippen molar-refractivity contribution in [1.29, 1.82) is 0 Å². The first-order chi connectivity index (χ1) is 9.84. The lowest BCUT2D eigenvalue weighted by Gasteiger charge is -2.26. The van der Waals surface area contributed by atoms with Crippen molar-refractivity contribution in [3.63, 3.8) is 0 Å². The highest BCUT2D eigenvalue weighted by Crippen LogP contribution is 2.31. The van der Waals surface area contributed by atoms with Crippen molar-refractivity contribution < 1.29 is 19.8 Å². The van der Waals surface area contributed by atoms with Gasteiger partial charge in [-0.05, 0) is 37.5 Å². The Hall–Kier alpha value is -2.04. The van der Waals surface area contributed by atoms with E-state index in [0.717, 1.165) is 5.56 Å². The van der Waals surface area contributed by atoms with Gasteiger partial charge >= 0.3 is 5.97 Å². The molecule has 1 aromatic carbocycles. The molecule has 21 heavy (non-hydrogen) atoms. The SMILES string of the molecule is CCC(CC)(CC(=O)NC(C)c1cccc(O)c1)C(=O)O. The van der Waals surface area contributed by atoms with E-state index >= 15 is 0 Å². The second-order valence-electron chi connectivity index (χ2n) is 5.35. The summed E-state index contributed by atoms with van der Waals surface area (Å²) in [6, 6.07) is 6.35. The fraction of sp³-hybridized carbons (Fsp3) is 0.500. The smallest absolute Gasteiger partial charge is 0.310 e. The highest BCUT2D eigenvalue weighted by molar-refractivity contribution is 5.85. The lowest BCUT2D eigenvalue weighted by molar-refractivity contribution is -0.152. The van der Waals surface area contributed by atoms with Crippen LogP contribution in [0.4, 0.5) is 0 Å². The Labute approximate surface area is 125 Å². The number of carboxylic acids is 1. The van der Waals surface area contributed by atoms with Gasteiger partial charge < -0.3 is 15.5 Å². The summed E-state index contributed by atoms with van der Waals surface area (Å²) in [6.45, 7) is 5.36. The number of rotatable bonds is 7. The largest absolute Gasteiger partial charge is 0.508 e. The summed E-state index contributed by atoms with van der Waals surface area (Å²) in [5.41, 5.74) is -0.236. The molecule has 1 aromatic rings. The molecule has 0 aliphatic heterocycles. The van der Waals surface area contributed by atoms with Gasteiger partial charge in [0.1, 0.15) is 5.75 Å². The van der Waals surface area contributed by atoms with Crippen molar-refractivity contribution >= 4 is 11.9 Å². The molecule has 0 aromatic heterocycles. The first kappa shape index (κ1) is 17.0. The minimum atomic E-state index is -1.01. The fourth-order valence-corrected chi connectivity index (χ4v) is 2.36. The number of hydrogen-bond donors (Lipinski definition) is 3. The van der Waals surface area contributed by atoms with Crippen LogP contribution in [0.1, 0.15) is 51.6 Å². The molecule has 0 aliphatic carbocycles. The molecule has 1 amide bonds. The number of carboxylic acid groups (broad SMARTS) is 1. The maximum atomic E-state index is 12.1. The Morgan fingerprint density at radius 2 is 1.90 bits per heavy atom. The minimum Gasteiger partial charge on any atom is -0.508 e. The van der Waals surface area contributed by atoms with Crippen molar-refractivity contribution in [3.05, 3.63) is 29.8 Å². The number of aliphatic carboxylic acids is 1. The molecule has 5 heteroatoms. The molecule has 1 atom stereocenters. The standard InChI is InChI=1S/C16H23NO4/c1-4-16(5-2,15(20)21)10-14(19)17-11(3)12-7-6-8-13(18)9-12/h6-9,11,18H,4-5,10H2,1-3H3,(H,17,19)(H,20,21). The average molecular weight is 293 g/mol. The number of carbonyl (C=O) groups excluding carboxylic acids is 1. The number of carbonyl (C=O) groups is 2. The number of amides is 1. The van der Waals surface area contributed by atoms with Crippen LogP contribution in [0, 0.1) is 5.41 Å². The molecule has 1 rings (SSSR count). The maximum Gasteiger partial charge on any atom is 0.310 e. The zero-order valence-corrected chi connectivity index (χ0v) is 12.7. The molecule has 0 bridgehead atoms. The third-order valence-electron chi connectivity index (χ3n) is 4.05. The molecule has 116 valence electrons. The molecule has 5 nitrogen and oxygen atoms in total. The van der Waals surface area contributed by atoms with Gasteiger partial charge in [-0.15, -0.1) is 0 Å². The molecule has 0 aliphatic rings. The molecule has 0 radical (unpaired) electrons. The monoisotopic (exact) mass is 293 g/mol. The number of phenols is 1. The Morgan fingerprint density at radius 3 is 2.38 bits per heavy atom. The molecule has 1 unspecified atom stereocenters. The predicted octanol–water partition coefficient (Wildman–Crippen LogP) is 2.85. The Morgan fingerprint density at radius 1 is 1.29 bits per heavy atom.